The molecule has 2 atom stereocenters. The van der Waals surface area contributed by atoms with Gasteiger partial charge in [-0.2, -0.15) is 0 Å². The van der Waals surface area contributed by atoms with E-state index in [0.29, 0.717) is 5.69 Å². The van der Waals surface area contributed by atoms with Gasteiger partial charge in [0.1, 0.15) is 0 Å². The number of nitrogens with one attached hydrogen (secondary N) is 2. The molecule has 0 unspecified atom stereocenters. The van der Waals surface area contributed by atoms with Gasteiger partial charge in [0, 0.05) is 12.5 Å². The molecule has 4 rings (SSSR count). The van der Waals surface area contributed by atoms with Gasteiger partial charge in [-0.05, 0) is 37.1 Å². The third-order valence-electron chi connectivity index (χ3n) is 5.63. The first-order valence-corrected chi connectivity index (χ1v) is 10.6. The van der Waals surface area contributed by atoms with Crippen molar-refractivity contribution in [1.82, 2.24) is 5.32 Å². The first-order chi connectivity index (χ1) is 15.0. The summed E-state index contributed by atoms with van der Waals surface area (Å²) in [5, 5.41) is 6.36. The summed E-state index contributed by atoms with van der Waals surface area (Å²) in [6.45, 7) is 4.13. The van der Waals surface area contributed by atoms with Crippen LogP contribution in [0.4, 0.5) is 11.4 Å². The fraction of sp³-hybridized carbons (Fsp3) is 0.231. The van der Waals surface area contributed by atoms with Gasteiger partial charge in [-0.25, -0.2) is 0 Å². The van der Waals surface area contributed by atoms with Crippen LogP contribution in [0.1, 0.15) is 36.1 Å². The lowest BCUT2D eigenvalue weighted by atomic mass is 9.98. The van der Waals surface area contributed by atoms with Crippen molar-refractivity contribution in [2.45, 2.75) is 32.4 Å². The Balaban J connectivity index is 1.59. The van der Waals surface area contributed by atoms with Crippen molar-refractivity contribution in [1.29, 1.82) is 0 Å². The lowest BCUT2D eigenvalue weighted by Crippen LogP contribution is -2.44. The highest BCUT2D eigenvalue weighted by molar-refractivity contribution is 6.04. The molecule has 3 aromatic carbocycles. The second-order valence-electron chi connectivity index (χ2n) is 8.02. The number of amides is 2. The molecule has 0 radical (unpaired) electrons. The number of para-hydroxylation sites is 2. The summed E-state index contributed by atoms with van der Waals surface area (Å²) in [5.74, 6) is -0.144. The number of nitrogens with zero attached hydrogens (tertiary/aromatic N) is 1. The first kappa shape index (κ1) is 20.8. The van der Waals surface area contributed by atoms with Crippen molar-refractivity contribution in [3.05, 3.63) is 95.6 Å². The Hall–Kier alpha value is -3.44. The van der Waals surface area contributed by atoms with Crippen molar-refractivity contribution < 1.29 is 9.59 Å². The minimum atomic E-state index is -0.229. The standard InChI is InChI=1S/C26H27N3O2/c1-18-12-14-21(15-13-18)26(20-8-4-3-5-9-20)27-17-25(31)29-19(2)16-24(30)28-22-10-6-7-11-23(22)29/h3-15,19,26-27H,16-17H2,1-2H3,(H,28,30)/t19-,26+/m0/s1. The average Bonchev–Trinajstić information content (AvgIpc) is 2.90. The molecule has 31 heavy (non-hydrogen) atoms. The highest BCUT2D eigenvalue weighted by Gasteiger charge is 2.29. The third kappa shape index (κ3) is 4.67. The van der Waals surface area contributed by atoms with Crippen molar-refractivity contribution in [3.63, 3.8) is 0 Å². The summed E-state index contributed by atoms with van der Waals surface area (Å²) in [7, 11) is 0. The zero-order valence-corrected chi connectivity index (χ0v) is 17.8. The molecule has 3 aromatic rings. The van der Waals surface area contributed by atoms with Gasteiger partial charge in [0.2, 0.25) is 11.8 Å². The fourth-order valence-electron chi connectivity index (χ4n) is 4.07. The van der Waals surface area contributed by atoms with Crippen LogP contribution in [0.5, 0.6) is 0 Å². The van der Waals surface area contributed by atoms with E-state index in [0.717, 1.165) is 16.8 Å². The van der Waals surface area contributed by atoms with E-state index in [2.05, 4.69) is 54.0 Å². The Bertz CT molecular complexity index is 1060. The number of benzene rings is 3. The number of carbonyl (C=O) groups excluding carboxylic acids is 2. The molecular weight excluding hydrogens is 386 g/mol. The third-order valence-corrected chi connectivity index (χ3v) is 5.63. The maximum atomic E-state index is 13.4. The molecular formula is C26H27N3O2. The van der Waals surface area contributed by atoms with E-state index < -0.39 is 0 Å². The van der Waals surface area contributed by atoms with Crippen LogP contribution in [-0.2, 0) is 9.59 Å². The van der Waals surface area contributed by atoms with Gasteiger partial charge < -0.3 is 10.2 Å². The number of hydrogen-bond donors (Lipinski definition) is 2. The van der Waals surface area contributed by atoms with Gasteiger partial charge in [0.05, 0.1) is 24.0 Å². The summed E-state index contributed by atoms with van der Waals surface area (Å²) >= 11 is 0. The number of rotatable bonds is 5. The number of fused-ring (bicyclic) bond motifs is 1. The Morgan fingerprint density at radius 3 is 2.39 bits per heavy atom. The first-order valence-electron chi connectivity index (χ1n) is 10.6. The fourth-order valence-corrected chi connectivity index (χ4v) is 4.07. The van der Waals surface area contributed by atoms with Gasteiger partial charge >= 0.3 is 0 Å². The minimum Gasteiger partial charge on any atom is -0.324 e. The molecule has 1 heterocycles. The average molecular weight is 414 g/mol. The Labute approximate surface area is 183 Å². The Kier molecular flexibility index (Phi) is 6.14. The zero-order valence-electron chi connectivity index (χ0n) is 17.8. The van der Waals surface area contributed by atoms with E-state index in [4.69, 9.17) is 0 Å². The normalized spacial score (nSPS) is 16.8. The molecule has 0 aliphatic carbocycles. The molecule has 5 nitrogen and oxygen atoms in total. The SMILES string of the molecule is Cc1ccc([C@H](NCC(=O)N2c3ccccc3NC(=O)C[C@@H]2C)c2ccccc2)cc1. The summed E-state index contributed by atoms with van der Waals surface area (Å²) in [6.07, 6.45) is 0.264. The predicted octanol–water partition coefficient (Wildman–Crippen LogP) is 4.44. The number of carbonyl (C=O) groups is 2. The Morgan fingerprint density at radius 1 is 1.00 bits per heavy atom. The van der Waals surface area contributed by atoms with E-state index >= 15 is 0 Å². The molecule has 5 heteroatoms. The summed E-state index contributed by atoms with van der Waals surface area (Å²) in [5.41, 5.74) is 4.80. The van der Waals surface area contributed by atoms with Gasteiger partial charge in [-0.1, -0.05) is 72.3 Å². The van der Waals surface area contributed by atoms with Crippen LogP contribution in [0.2, 0.25) is 0 Å². The topological polar surface area (TPSA) is 61.4 Å². The van der Waals surface area contributed by atoms with Crippen LogP contribution in [0, 0.1) is 6.92 Å². The van der Waals surface area contributed by atoms with E-state index in [-0.39, 0.29) is 36.9 Å². The van der Waals surface area contributed by atoms with E-state index in [1.165, 1.54) is 5.56 Å². The monoisotopic (exact) mass is 413 g/mol. The van der Waals surface area contributed by atoms with Crippen LogP contribution in [0.15, 0.2) is 78.9 Å². The van der Waals surface area contributed by atoms with Crippen molar-refractivity contribution in [3.8, 4) is 0 Å². The van der Waals surface area contributed by atoms with Crippen LogP contribution in [0.25, 0.3) is 0 Å². The number of aryl methyl sites for hydroxylation is 1. The molecule has 1 aliphatic heterocycles. The molecule has 1 aliphatic rings. The van der Waals surface area contributed by atoms with Gasteiger partial charge in [-0.15, -0.1) is 0 Å². The summed E-state index contributed by atoms with van der Waals surface area (Å²) in [4.78, 5) is 27.3. The lowest BCUT2D eigenvalue weighted by Gasteiger charge is -2.29. The van der Waals surface area contributed by atoms with Crippen molar-refractivity contribution in [2.75, 3.05) is 16.8 Å². The highest BCUT2D eigenvalue weighted by Crippen LogP contribution is 2.31. The van der Waals surface area contributed by atoms with Crippen LogP contribution in [0.3, 0.4) is 0 Å². The molecule has 158 valence electrons. The van der Waals surface area contributed by atoms with Crippen LogP contribution < -0.4 is 15.5 Å². The second kappa shape index (κ2) is 9.14. The van der Waals surface area contributed by atoms with E-state index in [1.54, 1.807) is 4.90 Å². The van der Waals surface area contributed by atoms with Gasteiger partial charge in [-0.3, -0.25) is 14.9 Å². The van der Waals surface area contributed by atoms with E-state index in [1.807, 2.05) is 49.4 Å². The van der Waals surface area contributed by atoms with Gasteiger partial charge in [0.25, 0.3) is 0 Å². The highest BCUT2D eigenvalue weighted by atomic mass is 16.2. The molecule has 0 spiro atoms. The van der Waals surface area contributed by atoms with E-state index in [9.17, 15) is 9.59 Å². The summed E-state index contributed by atoms with van der Waals surface area (Å²) in [6, 6.07) is 25.6. The number of hydrogen-bond acceptors (Lipinski definition) is 3. The molecule has 0 fully saturated rings. The zero-order chi connectivity index (χ0) is 21.8. The summed E-state index contributed by atoms with van der Waals surface area (Å²) < 4.78 is 0. The molecule has 0 bridgehead atoms. The van der Waals surface area contributed by atoms with Crippen molar-refractivity contribution in [2.24, 2.45) is 0 Å². The lowest BCUT2D eigenvalue weighted by molar-refractivity contribution is -0.118. The largest absolute Gasteiger partial charge is 0.324 e. The molecule has 2 N–H and O–H groups in total. The minimum absolute atomic E-state index is 0.0653. The Morgan fingerprint density at radius 2 is 1.65 bits per heavy atom. The predicted molar refractivity (Wildman–Crippen MR) is 124 cm³/mol. The molecule has 0 saturated carbocycles. The number of anilines is 2. The second-order valence-corrected chi connectivity index (χ2v) is 8.02. The quantitative estimate of drug-likeness (QED) is 0.650. The van der Waals surface area contributed by atoms with Crippen LogP contribution in [-0.4, -0.2) is 24.4 Å². The van der Waals surface area contributed by atoms with Crippen LogP contribution >= 0.6 is 0 Å². The smallest absolute Gasteiger partial charge is 0.241 e. The molecule has 0 aromatic heterocycles. The molecule has 2 amide bonds. The maximum Gasteiger partial charge on any atom is 0.241 e. The van der Waals surface area contributed by atoms with Crippen molar-refractivity contribution >= 4 is 23.2 Å². The molecule has 0 saturated heterocycles. The maximum absolute atomic E-state index is 13.4. The van der Waals surface area contributed by atoms with Gasteiger partial charge in [0.15, 0.2) is 0 Å².